The second-order valence-electron chi connectivity index (χ2n) is 9.17. The zero-order valence-electron chi connectivity index (χ0n) is 21.3. The second kappa shape index (κ2) is 12.8. The number of rotatable bonds is 9. The third-order valence-corrected chi connectivity index (χ3v) is 6.61. The van der Waals surface area contributed by atoms with E-state index in [1.54, 1.807) is 30.2 Å². The predicted octanol–water partition coefficient (Wildman–Crippen LogP) is 5.27. The predicted molar refractivity (Wildman–Crippen MR) is 141 cm³/mol. The van der Waals surface area contributed by atoms with E-state index in [9.17, 15) is 19.1 Å². The lowest BCUT2D eigenvalue weighted by atomic mass is 10.0. The number of urea groups is 1. The van der Waals surface area contributed by atoms with E-state index < -0.39 is 6.09 Å². The normalized spacial score (nSPS) is 13.6. The lowest BCUT2D eigenvalue weighted by Crippen LogP contribution is -2.51. The van der Waals surface area contributed by atoms with Crippen molar-refractivity contribution in [3.05, 3.63) is 95.3 Å². The summed E-state index contributed by atoms with van der Waals surface area (Å²) in [6, 6.07) is 20.9. The Kier molecular flexibility index (Phi) is 9.02. The summed E-state index contributed by atoms with van der Waals surface area (Å²) < 4.78 is 24.9. The van der Waals surface area contributed by atoms with E-state index in [0.717, 1.165) is 16.7 Å². The maximum Gasteiger partial charge on any atom is 0.407 e. The second-order valence-corrected chi connectivity index (χ2v) is 9.17. The molecule has 4 rings (SSSR count). The van der Waals surface area contributed by atoms with Crippen molar-refractivity contribution in [1.82, 2.24) is 15.1 Å². The average molecular weight is 522 g/mol. The molecule has 1 saturated heterocycles. The first-order valence-electron chi connectivity index (χ1n) is 12.5. The number of likely N-dealkylation sites (tertiary alicyclic amines) is 1. The van der Waals surface area contributed by atoms with Gasteiger partial charge in [-0.2, -0.15) is 0 Å². The van der Waals surface area contributed by atoms with Gasteiger partial charge in [-0.25, -0.2) is 14.0 Å². The van der Waals surface area contributed by atoms with Crippen LogP contribution < -0.4 is 14.8 Å². The summed E-state index contributed by atoms with van der Waals surface area (Å²) in [7, 11) is 1.58. The summed E-state index contributed by atoms with van der Waals surface area (Å²) in [5, 5.41) is 12.3. The number of carbonyl (C=O) groups excluding carboxylic acids is 1. The van der Waals surface area contributed by atoms with E-state index >= 15 is 0 Å². The Morgan fingerprint density at radius 1 is 0.974 bits per heavy atom. The van der Waals surface area contributed by atoms with Gasteiger partial charge in [-0.05, 0) is 53.8 Å². The molecule has 0 bridgehead atoms. The molecule has 200 valence electrons. The molecule has 3 aromatic carbocycles. The van der Waals surface area contributed by atoms with Crippen LogP contribution in [0.25, 0.3) is 0 Å². The lowest BCUT2D eigenvalue weighted by molar-refractivity contribution is 0.102. The van der Waals surface area contributed by atoms with Gasteiger partial charge in [0.15, 0.2) is 11.5 Å². The summed E-state index contributed by atoms with van der Waals surface area (Å²) in [5.74, 6) is 0.829. The topological polar surface area (TPSA) is 91.3 Å². The number of ether oxygens (including phenoxy) is 2. The smallest absolute Gasteiger partial charge is 0.407 e. The fourth-order valence-corrected chi connectivity index (χ4v) is 4.48. The van der Waals surface area contributed by atoms with Crippen LogP contribution in [0.3, 0.4) is 0 Å². The van der Waals surface area contributed by atoms with Crippen molar-refractivity contribution in [3.63, 3.8) is 0 Å². The number of methoxy groups -OCH3 is 1. The van der Waals surface area contributed by atoms with Crippen molar-refractivity contribution in [1.29, 1.82) is 0 Å². The standard InChI is InChI=1S/C29H32FN3O5/c1-37-26-12-9-23(17-27(26)38-20-22-5-3-2-4-6-22)18-31-28(34)33(19-21-7-10-24(30)11-8-21)25-13-15-32(16-14-25)29(35)36/h2-12,17,25H,13-16,18-20H2,1H3,(H,31,34)(H,35,36). The Labute approximate surface area is 221 Å². The Morgan fingerprint density at radius 2 is 1.66 bits per heavy atom. The SMILES string of the molecule is COc1ccc(CNC(=O)N(Cc2ccc(F)cc2)C2CCN(C(=O)O)CC2)cc1OCc1ccccc1. The molecule has 0 radical (unpaired) electrons. The molecule has 0 atom stereocenters. The van der Waals surface area contributed by atoms with Gasteiger partial charge in [0.05, 0.1) is 7.11 Å². The summed E-state index contributed by atoms with van der Waals surface area (Å²) >= 11 is 0. The van der Waals surface area contributed by atoms with Crippen LogP contribution in [0, 0.1) is 5.82 Å². The van der Waals surface area contributed by atoms with Crippen molar-refractivity contribution in [2.24, 2.45) is 0 Å². The number of piperidine rings is 1. The zero-order valence-corrected chi connectivity index (χ0v) is 21.3. The molecule has 0 saturated carbocycles. The molecule has 1 aliphatic rings. The van der Waals surface area contributed by atoms with E-state index in [4.69, 9.17) is 9.47 Å². The number of halogens is 1. The van der Waals surface area contributed by atoms with Gasteiger partial charge in [0.1, 0.15) is 12.4 Å². The molecule has 0 spiro atoms. The van der Waals surface area contributed by atoms with Crippen LogP contribution in [0.15, 0.2) is 72.8 Å². The lowest BCUT2D eigenvalue weighted by Gasteiger charge is -2.37. The first kappa shape index (κ1) is 26.8. The number of hydrogen-bond donors (Lipinski definition) is 2. The van der Waals surface area contributed by atoms with E-state index in [0.29, 0.717) is 44.0 Å². The van der Waals surface area contributed by atoms with Crippen LogP contribution in [-0.4, -0.2) is 53.3 Å². The van der Waals surface area contributed by atoms with Gasteiger partial charge >= 0.3 is 12.1 Å². The first-order chi connectivity index (χ1) is 18.4. The van der Waals surface area contributed by atoms with Crippen LogP contribution in [0.5, 0.6) is 11.5 Å². The van der Waals surface area contributed by atoms with Crippen molar-refractivity contribution >= 4 is 12.1 Å². The number of nitrogens with one attached hydrogen (secondary N) is 1. The summed E-state index contributed by atoms with van der Waals surface area (Å²) in [4.78, 5) is 27.8. The fourth-order valence-electron chi connectivity index (χ4n) is 4.48. The molecular weight excluding hydrogens is 489 g/mol. The van der Waals surface area contributed by atoms with Gasteiger partial charge in [0, 0.05) is 32.2 Å². The Balaban J connectivity index is 1.43. The van der Waals surface area contributed by atoms with E-state index in [2.05, 4.69) is 5.32 Å². The molecule has 2 N–H and O–H groups in total. The van der Waals surface area contributed by atoms with Gasteiger partial charge < -0.3 is 29.7 Å². The number of carbonyl (C=O) groups is 2. The monoisotopic (exact) mass is 521 g/mol. The highest BCUT2D eigenvalue weighted by Gasteiger charge is 2.29. The highest BCUT2D eigenvalue weighted by Crippen LogP contribution is 2.29. The van der Waals surface area contributed by atoms with Crippen LogP contribution in [0.2, 0.25) is 0 Å². The largest absolute Gasteiger partial charge is 0.493 e. The molecular formula is C29H32FN3O5. The van der Waals surface area contributed by atoms with E-state index in [-0.39, 0.29) is 31.0 Å². The van der Waals surface area contributed by atoms with Crippen LogP contribution in [-0.2, 0) is 19.7 Å². The molecule has 1 fully saturated rings. The molecule has 3 amide bonds. The maximum atomic E-state index is 13.4. The number of carboxylic acid groups (broad SMARTS) is 1. The van der Waals surface area contributed by atoms with Crippen LogP contribution >= 0.6 is 0 Å². The average Bonchev–Trinajstić information content (AvgIpc) is 2.95. The Bertz CT molecular complexity index is 1210. The molecule has 0 aromatic heterocycles. The number of benzene rings is 3. The highest BCUT2D eigenvalue weighted by molar-refractivity contribution is 5.74. The quantitative estimate of drug-likeness (QED) is 0.401. The van der Waals surface area contributed by atoms with Gasteiger partial charge in [0.2, 0.25) is 0 Å². The van der Waals surface area contributed by atoms with Gasteiger partial charge in [-0.15, -0.1) is 0 Å². The molecule has 3 aromatic rings. The third kappa shape index (κ3) is 7.15. The van der Waals surface area contributed by atoms with Crippen molar-refractivity contribution in [3.8, 4) is 11.5 Å². The first-order valence-corrected chi connectivity index (χ1v) is 12.5. The number of hydrogen-bond acceptors (Lipinski definition) is 4. The van der Waals surface area contributed by atoms with Gasteiger partial charge in [-0.3, -0.25) is 0 Å². The molecule has 8 nitrogen and oxygen atoms in total. The molecule has 9 heteroatoms. The summed E-state index contributed by atoms with van der Waals surface area (Å²) in [6.45, 7) is 1.64. The Hall–Kier alpha value is -4.27. The van der Waals surface area contributed by atoms with Crippen LogP contribution in [0.1, 0.15) is 29.5 Å². The maximum absolute atomic E-state index is 13.4. The summed E-state index contributed by atoms with van der Waals surface area (Å²) in [5.41, 5.74) is 2.66. The third-order valence-electron chi connectivity index (χ3n) is 6.61. The zero-order chi connectivity index (χ0) is 26.9. The van der Waals surface area contributed by atoms with Gasteiger partial charge in [0.25, 0.3) is 0 Å². The molecule has 38 heavy (non-hydrogen) atoms. The molecule has 0 unspecified atom stereocenters. The highest BCUT2D eigenvalue weighted by atomic mass is 19.1. The minimum Gasteiger partial charge on any atom is -0.493 e. The number of nitrogens with zero attached hydrogens (tertiary/aromatic N) is 2. The Morgan fingerprint density at radius 3 is 2.32 bits per heavy atom. The van der Waals surface area contributed by atoms with Crippen LogP contribution in [0.4, 0.5) is 14.0 Å². The van der Waals surface area contributed by atoms with Gasteiger partial charge in [-0.1, -0.05) is 48.5 Å². The summed E-state index contributed by atoms with van der Waals surface area (Å²) in [6.07, 6.45) is 0.102. The van der Waals surface area contributed by atoms with Crippen molar-refractivity contribution in [2.75, 3.05) is 20.2 Å². The molecule has 0 aliphatic carbocycles. The minimum absolute atomic E-state index is 0.142. The van der Waals surface area contributed by atoms with E-state index in [1.165, 1.54) is 17.0 Å². The van der Waals surface area contributed by atoms with Crippen molar-refractivity contribution in [2.45, 2.75) is 38.6 Å². The molecule has 1 aliphatic heterocycles. The number of amides is 3. The molecule has 1 heterocycles. The fraction of sp³-hybridized carbons (Fsp3) is 0.310. The minimum atomic E-state index is -0.956. The van der Waals surface area contributed by atoms with E-state index in [1.807, 2.05) is 42.5 Å². The van der Waals surface area contributed by atoms with Crippen molar-refractivity contribution < 1.29 is 28.6 Å².